The van der Waals surface area contributed by atoms with E-state index in [1.807, 2.05) is 6.07 Å². The van der Waals surface area contributed by atoms with Crippen LogP contribution in [0.25, 0.3) is 0 Å². The van der Waals surface area contributed by atoms with Crippen molar-refractivity contribution in [3.8, 4) is 0 Å². The minimum absolute atomic E-state index is 0.452. The van der Waals surface area contributed by atoms with E-state index in [2.05, 4.69) is 31.7 Å². The first-order valence-electron chi connectivity index (χ1n) is 7.18. The van der Waals surface area contributed by atoms with Gasteiger partial charge in [0, 0.05) is 18.3 Å². The Morgan fingerprint density at radius 2 is 2.16 bits per heavy atom. The maximum absolute atomic E-state index is 11.3. The largest absolute Gasteiger partial charge is 0.478 e. The van der Waals surface area contributed by atoms with Crippen molar-refractivity contribution in [3.63, 3.8) is 0 Å². The Labute approximate surface area is 115 Å². The van der Waals surface area contributed by atoms with E-state index in [0.29, 0.717) is 17.5 Å². The van der Waals surface area contributed by atoms with Crippen LogP contribution in [0.2, 0.25) is 0 Å². The second-order valence-electron chi connectivity index (χ2n) is 5.53. The van der Waals surface area contributed by atoms with Crippen LogP contribution in [0.4, 0.5) is 5.69 Å². The molecule has 2 unspecified atom stereocenters. The molecule has 0 radical (unpaired) electrons. The molecule has 2 atom stereocenters. The average Bonchev–Trinajstić information content (AvgIpc) is 2.44. The van der Waals surface area contributed by atoms with Gasteiger partial charge in [0.2, 0.25) is 0 Å². The summed E-state index contributed by atoms with van der Waals surface area (Å²) in [4.78, 5) is 13.7. The lowest BCUT2D eigenvalue weighted by Gasteiger charge is -2.39. The maximum Gasteiger partial charge on any atom is 0.336 e. The van der Waals surface area contributed by atoms with Gasteiger partial charge in [0.05, 0.1) is 5.56 Å². The molecule has 0 aliphatic carbocycles. The number of fused-ring (bicyclic) bond motifs is 1. The monoisotopic (exact) mass is 261 g/mol. The summed E-state index contributed by atoms with van der Waals surface area (Å²) in [5.74, 6) is -0.200. The maximum atomic E-state index is 11.3. The van der Waals surface area contributed by atoms with E-state index in [4.69, 9.17) is 0 Å². The highest BCUT2D eigenvalue weighted by Gasteiger charge is 2.26. The van der Waals surface area contributed by atoms with Crippen molar-refractivity contribution in [1.82, 2.24) is 0 Å². The summed E-state index contributed by atoms with van der Waals surface area (Å²) in [5.41, 5.74) is 2.61. The van der Waals surface area contributed by atoms with Gasteiger partial charge in [-0.3, -0.25) is 0 Å². The van der Waals surface area contributed by atoms with Crippen LogP contribution in [-0.4, -0.2) is 23.7 Å². The third-order valence-corrected chi connectivity index (χ3v) is 4.48. The zero-order valence-corrected chi connectivity index (χ0v) is 12.0. The number of hydrogen-bond donors (Lipinski definition) is 1. The lowest BCUT2D eigenvalue weighted by Crippen LogP contribution is -2.41. The second-order valence-corrected chi connectivity index (χ2v) is 5.53. The van der Waals surface area contributed by atoms with Gasteiger partial charge in [-0.15, -0.1) is 0 Å². The van der Waals surface area contributed by atoms with E-state index in [1.54, 1.807) is 6.07 Å². The van der Waals surface area contributed by atoms with Crippen LogP contribution in [0, 0.1) is 5.92 Å². The minimum atomic E-state index is -0.810. The Balaban J connectivity index is 2.40. The molecule has 104 valence electrons. The fourth-order valence-electron chi connectivity index (χ4n) is 2.92. The van der Waals surface area contributed by atoms with Crippen molar-refractivity contribution < 1.29 is 9.90 Å². The van der Waals surface area contributed by atoms with Gasteiger partial charge in [0.25, 0.3) is 0 Å². The molecule has 0 saturated carbocycles. The molecular formula is C16H23NO2. The van der Waals surface area contributed by atoms with Crippen molar-refractivity contribution in [2.45, 2.75) is 46.1 Å². The van der Waals surface area contributed by atoms with Crippen LogP contribution >= 0.6 is 0 Å². The van der Waals surface area contributed by atoms with Crippen LogP contribution < -0.4 is 4.90 Å². The summed E-state index contributed by atoms with van der Waals surface area (Å²) in [6.07, 6.45) is 3.06. The quantitative estimate of drug-likeness (QED) is 0.900. The van der Waals surface area contributed by atoms with E-state index < -0.39 is 5.97 Å². The van der Waals surface area contributed by atoms with Crippen molar-refractivity contribution in [2.24, 2.45) is 5.92 Å². The predicted octanol–water partition coefficient (Wildman–Crippen LogP) is 3.57. The first kappa shape index (κ1) is 13.9. The topological polar surface area (TPSA) is 40.5 Å². The molecule has 3 heteroatoms. The summed E-state index contributed by atoms with van der Waals surface area (Å²) < 4.78 is 0. The predicted molar refractivity (Wildman–Crippen MR) is 78.0 cm³/mol. The van der Waals surface area contributed by atoms with Crippen LogP contribution in [0.3, 0.4) is 0 Å². The van der Waals surface area contributed by atoms with Crippen LogP contribution in [0.5, 0.6) is 0 Å². The molecule has 0 spiro atoms. The normalized spacial score (nSPS) is 17.7. The highest BCUT2D eigenvalue weighted by atomic mass is 16.4. The van der Waals surface area contributed by atoms with Crippen molar-refractivity contribution in [2.75, 3.05) is 11.4 Å². The molecule has 0 bridgehead atoms. The molecule has 3 nitrogen and oxygen atoms in total. The highest BCUT2D eigenvalue weighted by Crippen LogP contribution is 2.33. The number of carboxylic acid groups (broad SMARTS) is 1. The van der Waals surface area contributed by atoms with Gasteiger partial charge in [-0.05, 0) is 43.4 Å². The molecule has 19 heavy (non-hydrogen) atoms. The van der Waals surface area contributed by atoms with Gasteiger partial charge in [-0.2, -0.15) is 0 Å². The molecule has 1 aliphatic heterocycles. The van der Waals surface area contributed by atoms with E-state index in [9.17, 15) is 9.90 Å². The number of nitrogens with zero attached hydrogens (tertiary/aromatic N) is 1. The molecule has 0 fully saturated rings. The number of aromatic carboxylic acids is 1. The molecular weight excluding hydrogens is 238 g/mol. The molecule has 1 aromatic carbocycles. The standard InChI is InChI=1S/C16H23NO2/c1-4-11(2)12(3)17-10-6-8-13-14(16(18)19)7-5-9-15(13)17/h5,7,9,11-12H,4,6,8,10H2,1-3H3,(H,18,19). The fraction of sp³-hybridized carbons (Fsp3) is 0.562. The van der Waals surface area contributed by atoms with Gasteiger partial charge >= 0.3 is 5.97 Å². The summed E-state index contributed by atoms with van der Waals surface area (Å²) in [6, 6.07) is 6.11. The average molecular weight is 261 g/mol. The Hall–Kier alpha value is -1.51. The van der Waals surface area contributed by atoms with Crippen LogP contribution in [0.15, 0.2) is 18.2 Å². The molecule has 1 aromatic rings. The van der Waals surface area contributed by atoms with Crippen molar-refractivity contribution in [3.05, 3.63) is 29.3 Å². The Kier molecular flexibility index (Phi) is 4.13. The minimum Gasteiger partial charge on any atom is -0.478 e. The highest BCUT2D eigenvalue weighted by molar-refractivity contribution is 5.91. The molecule has 1 heterocycles. The van der Waals surface area contributed by atoms with Gasteiger partial charge in [0.1, 0.15) is 0 Å². The zero-order chi connectivity index (χ0) is 14.0. The molecule has 2 rings (SSSR count). The molecule has 1 N–H and O–H groups in total. The van der Waals surface area contributed by atoms with E-state index >= 15 is 0 Å². The number of carbonyl (C=O) groups is 1. The summed E-state index contributed by atoms with van der Waals surface area (Å²) >= 11 is 0. The first-order valence-corrected chi connectivity index (χ1v) is 7.18. The van der Waals surface area contributed by atoms with Crippen molar-refractivity contribution >= 4 is 11.7 Å². The Morgan fingerprint density at radius 1 is 1.42 bits per heavy atom. The Bertz CT molecular complexity index is 470. The lowest BCUT2D eigenvalue weighted by molar-refractivity contribution is 0.0695. The zero-order valence-electron chi connectivity index (χ0n) is 12.0. The van der Waals surface area contributed by atoms with Gasteiger partial charge in [0.15, 0.2) is 0 Å². The fourth-order valence-corrected chi connectivity index (χ4v) is 2.92. The van der Waals surface area contributed by atoms with Gasteiger partial charge in [-0.25, -0.2) is 4.79 Å². The number of rotatable bonds is 4. The van der Waals surface area contributed by atoms with Gasteiger partial charge < -0.3 is 10.0 Å². The third kappa shape index (κ3) is 2.60. The number of hydrogen-bond acceptors (Lipinski definition) is 2. The number of anilines is 1. The van der Waals surface area contributed by atoms with E-state index in [1.165, 1.54) is 0 Å². The first-order chi connectivity index (χ1) is 9.06. The molecule has 0 saturated heterocycles. The van der Waals surface area contributed by atoms with Crippen LogP contribution in [0.1, 0.15) is 49.5 Å². The van der Waals surface area contributed by atoms with E-state index in [0.717, 1.165) is 37.1 Å². The smallest absolute Gasteiger partial charge is 0.336 e. The number of carboxylic acids is 1. The Morgan fingerprint density at radius 3 is 2.79 bits per heavy atom. The third-order valence-electron chi connectivity index (χ3n) is 4.48. The van der Waals surface area contributed by atoms with Crippen LogP contribution in [-0.2, 0) is 6.42 Å². The SMILES string of the molecule is CCC(C)C(C)N1CCCc2c(C(=O)O)cccc21. The summed E-state index contributed by atoms with van der Waals surface area (Å²) in [7, 11) is 0. The molecule has 0 amide bonds. The summed E-state index contributed by atoms with van der Waals surface area (Å²) in [6.45, 7) is 7.75. The second kappa shape index (κ2) is 5.64. The summed E-state index contributed by atoms with van der Waals surface area (Å²) in [5, 5.41) is 9.30. The molecule has 1 aliphatic rings. The molecule has 0 aromatic heterocycles. The lowest BCUT2D eigenvalue weighted by atomic mass is 9.92. The van der Waals surface area contributed by atoms with E-state index in [-0.39, 0.29) is 0 Å². The number of benzene rings is 1. The van der Waals surface area contributed by atoms with Crippen molar-refractivity contribution in [1.29, 1.82) is 0 Å². The van der Waals surface area contributed by atoms with Gasteiger partial charge in [-0.1, -0.05) is 26.3 Å².